The van der Waals surface area contributed by atoms with Gasteiger partial charge < -0.3 is 34.1 Å². The second kappa shape index (κ2) is 35.5. The Labute approximate surface area is 619 Å². The van der Waals surface area contributed by atoms with Gasteiger partial charge in [0.15, 0.2) is 0 Å². The number of methoxy groups -OCH3 is 2. The molecule has 0 bridgehead atoms. The van der Waals surface area contributed by atoms with Gasteiger partial charge in [-0.1, -0.05) is 76.3 Å². The van der Waals surface area contributed by atoms with Crippen LogP contribution in [0.1, 0.15) is 141 Å². The number of carbonyl (C=O) groups excluding carboxylic acids is 1. The van der Waals surface area contributed by atoms with E-state index in [1.54, 1.807) is 26.4 Å². The Bertz CT molecular complexity index is 4410. The molecule has 0 fully saturated rings. The fourth-order valence-electron chi connectivity index (χ4n) is 14.3. The van der Waals surface area contributed by atoms with E-state index >= 15 is 0 Å². The number of aromatic nitrogens is 4. The van der Waals surface area contributed by atoms with Crippen LogP contribution in [-0.4, -0.2) is 120 Å². The smallest absolute Gasteiger partial charge is 0.264 e. The maximum atomic E-state index is 13.9. The van der Waals surface area contributed by atoms with Crippen molar-refractivity contribution in [2.45, 2.75) is 142 Å². The summed E-state index contributed by atoms with van der Waals surface area (Å²) < 4.78 is 91.5. The number of carbonyl (C=O) groups is 1. The molecule has 4 aromatic heterocycles. The van der Waals surface area contributed by atoms with Crippen LogP contribution in [0, 0.1) is 0 Å². The molecular formula is C83H97N9O11S2. The van der Waals surface area contributed by atoms with E-state index in [9.17, 15) is 30.7 Å². The molecule has 0 radical (unpaired) electrons. The molecule has 1 aliphatic carbocycles. The summed E-state index contributed by atoms with van der Waals surface area (Å²) in [5.74, 6) is 2.58. The minimum atomic E-state index is -4.13. The molecule has 22 heteroatoms. The molecular weight excluding hydrogens is 1360 g/mol. The topological polar surface area (TPSA) is 239 Å². The highest BCUT2D eigenvalue weighted by molar-refractivity contribution is 7.86. The van der Waals surface area contributed by atoms with Crippen molar-refractivity contribution in [2.24, 2.45) is 0 Å². The summed E-state index contributed by atoms with van der Waals surface area (Å²) in [6.45, 7) is 14.4. The Balaban J connectivity index is 0.814. The van der Waals surface area contributed by atoms with Gasteiger partial charge in [0, 0.05) is 117 Å². The number of hydrogen-bond acceptors (Lipinski definition) is 17. The third-order valence-corrected chi connectivity index (χ3v) is 21.2. The zero-order chi connectivity index (χ0) is 74.0. The molecule has 0 spiro atoms. The molecule has 4 aromatic carbocycles. The van der Waals surface area contributed by atoms with Gasteiger partial charge in [0.25, 0.3) is 26.1 Å². The number of pyridine rings is 4. The number of anilines is 2. The van der Waals surface area contributed by atoms with Gasteiger partial charge in [-0.25, -0.2) is 0 Å². The van der Waals surface area contributed by atoms with E-state index in [1.165, 1.54) is 0 Å². The van der Waals surface area contributed by atoms with Gasteiger partial charge in [-0.15, -0.1) is 0 Å². The van der Waals surface area contributed by atoms with Crippen molar-refractivity contribution >= 4 is 37.5 Å². The molecule has 3 N–H and O–H groups in total. The van der Waals surface area contributed by atoms with Crippen molar-refractivity contribution < 1.29 is 49.7 Å². The van der Waals surface area contributed by atoms with Crippen molar-refractivity contribution in [1.29, 1.82) is 0 Å². The van der Waals surface area contributed by atoms with E-state index in [4.69, 9.17) is 18.9 Å². The first-order valence-electron chi connectivity index (χ1n) is 36.1. The zero-order valence-electron chi connectivity index (χ0n) is 60.9. The molecule has 105 heavy (non-hydrogen) atoms. The van der Waals surface area contributed by atoms with E-state index in [2.05, 4.69) is 133 Å². The van der Waals surface area contributed by atoms with Gasteiger partial charge in [0.1, 0.15) is 28.8 Å². The Kier molecular flexibility index (Phi) is 25.9. The molecule has 1 atom stereocenters. The maximum Gasteiger partial charge on any atom is 0.264 e. The Hall–Kier alpha value is -9.55. The van der Waals surface area contributed by atoms with Gasteiger partial charge >= 0.3 is 0 Å². The number of amides is 1. The first-order valence-corrected chi connectivity index (χ1v) is 39.3. The molecule has 1 amide bonds. The Morgan fingerprint density at radius 3 is 1.62 bits per heavy atom. The normalized spacial score (nSPS) is 16.3. The van der Waals surface area contributed by atoms with Crippen LogP contribution in [0.2, 0.25) is 0 Å². The summed E-state index contributed by atoms with van der Waals surface area (Å²) in [7, 11) is -4.97. The molecule has 552 valence electrons. The maximum absolute atomic E-state index is 13.9. The van der Waals surface area contributed by atoms with Crippen molar-refractivity contribution in [2.75, 3.05) is 61.8 Å². The summed E-state index contributed by atoms with van der Waals surface area (Å²) in [5.41, 5.74) is 12.7. The van der Waals surface area contributed by atoms with Crippen molar-refractivity contribution in [3.05, 3.63) is 274 Å². The Morgan fingerprint density at radius 2 is 1.10 bits per heavy atom. The molecule has 3 aliphatic rings. The van der Waals surface area contributed by atoms with Crippen LogP contribution in [0.3, 0.4) is 0 Å². The Morgan fingerprint density at radius 1 is 0.571 bits per heavy atom. The second-order valence-corrected chi connectivity index (χ2v) is 31.3. The monoisotopic (exact) mass is 1460 g/mol. The number of nitrogens with one attached hydrogen (secondary N) is 1. The molecule has 20 nitrogen and oxygen atoms in total. The summed E-state index contributed by atoms with van der Waals surface area (Å²) in [6, 6.07) is 49.6. The van der Waals surface area contributed by atoms with Crippen LogP contribution in [0.15, 0.2) is 223 Å². The summed E-state index contributed by atoms with van der Waals surface area (Å²) in [6.07, 6.45) is 21.2. The minimum absolute atomic E-state index is 0.167. The summed E-state index contributed by atoms with van der Waals surface area (Å²) in [5, 5.41) is 3.13. The molecule has 0 saturated carbocycles. The fourth-order valence-corrected chi connectivity index (χ4v) is 15.5. The third-order valence-electron chi connectivity index (χ3n) is 19.6. The molecule has 6 heterocycles. The minimum Gasteiger partial charge on any atom is -0.497 e. The first-order chi connectivity index (χ1) is 50.6. The largest absolute Gasteiger partial charge is 0.497 e. The highest BCUT2D eigenvalue weighted by Crippen LogP contribution is 2.50. The molecule has 8 aromatic rings. The third kappa shape index (κ3) is 21.1. The number of fused-ring (bicyclic) bond motifs is 2. The molecule has 1 unspecified atom stereocenters. The predicted molar refractivity (Wildman–Crippen MR) is 411 cm³/mol. The standard InChI is InChI=1S/C83H97N9O11S2/c1-82(2)74-53-71(100-5)34-36-76(74)91(45-16-19-48-104(94,95)96)78(82)38-30-63-22-21-23-64(31-39-79-83(3,4)75-54-72(101-6)35-37-77(75)92(79)46-17-20-49-105(97,98)99)80(63)103-70-32-28-65(29-33-70)81(93)88-44-15-18-47-102-73-51-61(55-89(57-66-24-7-11-40-84-66)58-67-25-8-12-41-85-67)50-62(52-73)56-90(59-68-26-9-13-42-86-68)60-69-27-10-14-43-87-69/h7-14,24-43,50-54,78H,15-23,44-49,55-60H2,1-6H3,(H,88,93)(H,94,95,96)(H,97,98,99)/b38-30+,64-31+,79-39+. The van der Waals surface area contributed by atoms with Crippen LogP contribution in [0.5, 0.6) is 23.0 Å². The van der Waals surface area contributed by atoms with Crippen LogP contribution >= 0.6 is 0 Å². The molecule has 2 aliphatic heterocycles. The van der Waals surface area contributed by atoms with Gasteiger partial charge in [-0.05, 0) is 219 Å². The number of allylic oxidation sites excluding steroid dienone is 6. The van der Waals surface area contributed by atoms with Gasteiger partial charge in [-0.3, -0.25) is 43.6 Å². The van der Waals surface area contributed by atoms with Crippen molar-refractivity contribution in [3.8, 4) is 23.0 Å². The lowest BCUT2D eigenvalue weighted by Crippen LogP contribution is -2.40. The lowest BCUT2D eigenvalue weighted by Gasteiger charge is -2.33. The lowest BCUT2D eigenvalue weighted by molar-refractivity contribution is 0.0952. The lowest BCUT2D eigenvalue weighted by atomic mass is 9.79. The van der Waals surface area contributed by atoms with E-state index in [0.29, 0.717) is 128 Å². The first kappa shape index (κ1) is 76.6. The molecule has 11 rings (SSSR count). The number of hydrogen-bond donors (Lipinski definition) is 3. The quantitative estimate of drug-likeness (QED) is 0.0244. The van der Waals surface area contributed by atoms with Crippen LogP contribution in [0.4, 0.5) is 11.4 Å². The fraction of sp³-hybridized carbons (Fsp3) is 0.361. The number of ether oxygens (including phenoxy) is 4. The highest BCUT2D eigenvalue weighted by atomic mass is 32.2. The number of unbranched alkanes of at least 4 members (excludes halogenated alkanes) is 3. The SMILES string of the molecule is COc1ccc2c(c1)C(C)(C)/C(=C\C=C1/CCCC(/C=C/C3N(CCCCS(=O)(=O)O)c4ccc(OC)cc4C3(C)C)=C1Oc1ccc(C(=O)NCCCCOc3cc(CN(Cc4ccccn4)Cc4ccccn4)cc(CN(Cc4ccccn4)Cc4ccccn4)c3)cc1)N2CCCCS(=O)(=O)O. The number of nitrogens with zero attached hydrogens (tertiary/aromatic N) is 8. The van der Waals surface area contributed by atoms with Crippen LogP contribution in [0.25, 0.3) is 0 Å². The van der Waals surface area contributed by atoms with Crippen molar-refractivity contribution in [1.82, 2.24) is 35.1 Å². The van der Waals surface area contributed by atoms with Crippen molar-refractivity contribution in [3.63, 3.8) is 0 Å². The van der Waals surface area contributed by atoms with E-state index in [-0.39, 0.29) is 29.9 Å². The van der Waals surface area contributed by atoms with Crippen LogP contribution in [-0.2, 0) is 70.3 Å². The van der Waals surface area contributed by atoms with Crippen LogP contribution < -0.4 is 34.1 Å². The summed E-state index contributed by atoms with van der Waals surface area (Å²) >= 11 is 0. The average molecular weight is 1460 g/mol. The van der Waals surface area contributed by atoms with E-state index in [1.807, 2.05) is 128 Å². The van der Waals surface area contributed by atoms with Gasteiger partial charge in [0.05, 0.1) is 61.1 Å². The second-order valence-electron chi connectivity index (χ2n) is 28.2. The predicted octanol–water partition coefficient (Wildman–Crippen LogP) is 14.8. The van der Waals surface area contributed by atoms with Gasteiger partial charge in [0.2, 0.25) is 0 Å². The van der Waals surface area contributed by atoms with Gasteiger partial charge in [-0.2, -0.15) is 16.8 Å². The number of benzene rings is 4. The zero-order valence-corrected chi connectivity index (χ0v) is 62.6. The summed E-state index contributed by atoms with van der Waals surface area (Å²) in [4.78, 5) is 41.9. The number of rotatable bonds is 36. The highest BCUT2D eigenvalue weighted by Gasteiger charge is 2.44. The molecule has 0 saturated heterocycles. The van der Waals surface area contributed by atoms with E-state index < -0.39 is 31.1 Å². The van der Waals surface area contributed by atoms with E-state index in [0.717, 1.165) is 96.9 Å². The average Bonchev–Trinajstić information content (AvgIpc) is 1.60.